The molecule has 0 aromatic carbocycles. The highest BCUT2D eigenvalue weighted by Gasteiger charge is 2.40. The molecule has 2 aliphatic heterocycles. The first-order valence-electron chi connectivity index (χ1n) is 7.49. The molecule has 2 heterocycles. The summed E-state index contributed by atoms with van der Waals surface area (Å²) in [6, 6.07) is -1.06. The number of carbonyl (C=O) groups excluding carboxylic acids is 2. The number of rotatable bonds is 2. The van der Waals surface area contributed by atoms with Gasteiger partial charge in [-0.3, -0.25) is 4.79 Å². The summed E-state index contributed by atoms with van der Waals surface area (Å²) >= 11 is 0. The Kier molecular flexibility index (Phi) is 4.69. The lowest BCUT2D eigenvalue weighted by atomic mass is 9.91. The van der Waals surface area contributed by atoms with Crippen LogP contribution in [0, 0.1) is 11.8 Å². The molecular weight excluding hydrogens is 274 g/mol. The Labute approximate surface area is 124 Å². The van der Waals surface area contributed by atoms with Gasteiger partial charge in [0.1, 0.15) is 6.04 Å². The summed E-state index contributed by atoms with van der Waals surface area (Å²) in [5.74, 6) is -1.74. The number of primary amides is 1. The lowest BCUT2D eigenvalue weighted by molar-refractivity contribution is -0.145. The Balaban J connectivity index is 2.10. The molecule has 3 unspecified atom stereocenters. The minimum atomic E-state index is -0.959. The van der Waals surface area contributed by atoms with Crippen LogP contribution in [-0.4, -0.2) is 58.5 Å². The van der Waals surface area contributed by atoms with Gasteiger partial charge in [0.25, 0.3) is 0 Å². The van der Waals surface area contributed by atoms with E-state index in [0.29, 0.717) is 26.1 Å². The van der Waals surface area contributed by atoms with Crippen LogP contribution in [0.3, 0.4) is 0 Å². The molecule has 7 nitrogen and oxygen atoms in total. The molecule has 0 radical (unpaired) electrons. The zero-order valence-corrected chi connectivity index (χ0v) is 12.3. The van der Waals surface area contributed by atoms with Crippen LogP contribution in [0.2, 0.25) is 0 Å². The van der Waals surface area contributed by atoms with Crippen molar-refractivity contribution in [2.75, 3.05) is 19.6 Å². The number of aliphatic carboxylic acids is 1. The first kappa shape index (κ1) is 15.6. The molecule has 2 rings (SSSR count). The van der Waals surface area contributed by atoms with Crippen molar-refractivity contribution in [3.63, 3.8) is 0 Å². The number of piperidine rings is 2. The van der Waals surface area contributed by atoms with Crippen molar-refractivity contribution in [2.24, 2.45) is 17.6 Å². The second-order valence-corrected chi connectivity index (χ2v) is 6.07. The van der Waals surface area contributed by atoms with Crippen molar-refractivity contribution in [3.05, 3.63) is 0 Å². The van der Waals surface area contributed by atoms with E-state index in [1.54, 1.807) is 4.90 Å². The van der Waals surface area contributed by atoms with Crippen LogP contribution in [0.1, 0.15) is 32.6 Å². The molecule has 3 N–H and O–H groups in total. The number of carboxylic acids is 1. The molecule has 3 atom stereocenters. The molecule has 0 aromatic heterocycles. The van der Waals surface area contributed by atoms with Crippen molar-refractivity contribution < 1.29 is 19.5 Å². The largest absolute Gasteiger partial charge is 0.480 e. The Morgan fingerprint density at radius 3 is 2.43 bits per heavy atom. The first-order valence-corrected chi connectivity index (χ1v) is 7.49. The molecule has 0 saturated carbocycles. The van der Waals surface area contributed by atoms with Crippen LogP contribution in [-0.2, 0) is 9.59 Å². The van der Waals surface area contributed by atoms with E-state index < -0.39 is 17.9 Å². The van der Waals surface area contributed by atoms with E-state index in [4.69, 9.17) is 5.73 Å². The molecule has 2 saturated heterocycles. The smallest absolute Gasteiger partial charge is 0.326 e. The Morgan fingerprint density at radius 2 is 1.81 bits per heavy atom. The van der Waals surface area contributed by atoms with Crippen LogP contribution in [0.4, 0.5) is 4.79 Å². The molecule has 21 heavy (non-hydrogen) atoms. The van der Waals surface area contributed by atoms with E-state index in [0.717, 1.165) is 19.3 Å². The van der Waals surface area contributed by atoms with Gasteiger partial charge < -0.3 is 20.6 Å². The quantitative estimate of drug-likeness (QED) is 0.774. The number of carbonyl (C=O) groups is 3. The average molecular weight is 297 g/mol. The van der Waals surface area contributed by atoms with Gasteiger partial charge in [-0.25, -0.2) is 9.59 Å². The van der Waals surface area contributed by atoms with Crippen LogP contribution < -0.4 is 5.73 Å². The summed E-state index contributed by atoms with van der Waals surface area (Å²) < 4.78 is 0. The number of nitrogens with zero attached hydrogens (tertiary/aromatic N) is 2. The van der Waals surface area contributed by atoms with Gasteiger partial charge >= 0.3 is 12.0 Å². The third-order valence-corrected chi connectivity index (χ3v) is 4.53. The third kappa shape index (κ3) is 3.28. The predicted molar refractivity (Wildman–Crippen MR) is 75.4 cm³/mol. The molecular formula is C14H23N3O4. The minimum Gasteiger partial charge on any atom is -0.480 e. The number of carboxylic acid groups (broad SMARTS) is 1. The highest BCUT2D eigenvalue weighted by molar-refractivity contribution is 5.84. The number of nitrogens with two attached hydrogens (primary N) is 1. The second-order valence-electron chi connectivity index (χ2n) is 6.07. The SMILES string of the molecule is CC1CCCN(C(=O)N2CCCC(C(N)=O)C2)C1C(=O)O. The monoisotopic (exact) mass is 297 g/mol. The fourth-order valence-electron chi connectivity index (χ4n) is 3.34. The number of urea groups is 1. The minimum absolute atomic E-state index is 0.0584. The van der Waals surface area contributed by atoms with Gasteiger partial charge in [-0.15, -0.1) is 0 Å². The topological polar surface area (TPSA) is 104 Å². The van der Waals surface area contributed by atoms with E-state index >= 15 is 0 Å². The summed E-state index contributed by atoms with van der Waals surface area (Å²) in [7, 11) is 0. The van der Waals surface area contributed by atoms with Crippen molar-refractivity contribution in [3.8, 4) is 0 Å². The standard InChI is InChI=1S/C14H23N3O4/c1-9-4-2-7-17(11(9)13(19)20)14(21)16-6-3-5-10(8-16)12(15)18/h9-11H,2-8H2,1H3,(H2,15,18)(H,19,20). The normalized spacial score (nSPS) is 30.0. The molecule has 3 amide bonds. The van der Waals surface area contributed by atoms with Crippen LogP contribution in [0.25, 0.3) is 0 Å². The maximum Gasteiger partial charge on any atom is 0.326 e. The maximum absolute atomic E-state index is 12.6. The van der Waals surface area contributed by atoms with Crippen molar-refractivity contribution in [2.45, 2.75) is 38.6 Å². The predicted octanol–water partition coefficient (Wildman–Crippen LogP) is 0.489. The van der Waals surface area contributed by atoms with Gasteiger partial charge in [0, 0.05) is 19.6 Å². The molecule has 7 heteroatoms. The summed E-state index contributed by atoms with van der Waals surface area (Å²) in [5.41, 5.74) is 5.32. The van der Waals surface area contributed by atoms with E-state index in [2.05, 4.69) is 0 Å². The number of amides is 3. The van der Waals surface area contributed by atoms with Crippen LogP contribution >= 0.6 is 0 Å². The molecule has 0 bridgehead atoms. The molecule has 118 valence electrons. The lowest BCUT2D eigenvalue weighted by Crippen LogP contribution is -2.57. The van der Waals surface area contributed by atoms with E-state index in [1.807, 2.05) is 6.92 Å². The van der Waals surface area contributed by atoms with Crippen molar-refractivity contribution in [1.82, 2.24) is 9.80 Å². The van der Waals surface area contributed by atoms with E-state index in [-0.39, 0.29) is 17.9 Å². The summed E-state index contributed by atoms with van der Waals surface area (Å²) in [6.07, 6.45) is 3.03. The molecule has 0 spiro atoms. The Morgan fingerprint density at radius 1 is 1.14 bits per heavy atom. The van der Waals surface area contributed by atoms with Crippen molar-refractivity contribution in [1.29, 1.82) is 0 Å². The number of hydrogen-bond donors (Lipinski definition) is 2. The molecule has 2 fully saturated rings. The zero-order chi connectivity index (χ0) is 15.6. The fourth-order valence-corrected chi connectivity index (χ4v) is 3.34. The molecule has 2 aliphatic rings. The highest BCUT2D eigenvalue weighted by Crippen LogP contribution is 2.26. The third-order valence-electron chi connectivity index (χ3n) is 4.53. The van der Waals surface area contributed by atoms with E-state index in [1.165, 1.54) is 4.90 Å². The maximum atomic E-state index is 12.6. The van der Waals surface area contributed by atoms with E-state index in [9.17, 15) is 19.5 Å². The van der Waals surface area contributed by atoms with Gasteiger partial charge in [0.2, 0.25) is 5.91 Å². The average Bonchev–Trinajstić information content (AvgIpc) is 2.45. The zero-order valence-electron chi connectivity index (χ0n) is 12.3. The van der Waals surface area contributed by atoms with Gasteiger partial charge in [-0.2, -0.15) is 0 Å². The van der Waals surface area contributed by atoms with Gasteiger partial charge in [-0.1, -0.05) is 6.92 Å². The Bertz CT molecular complexity index is 440. The first-order chi connectivity index (χ1) is 9.91. The second kappa shape index (κ2) is 6.32. The van der Waals surface area contributed by atoms with Crippen LogP contribution in [0.5, 0.6) is 0 Å². The molecule has 0 aromatic rings. The molecule has 0 aliphatic carbocycles. The summed E-state index contributed by atoms with van der Waals surface area (Å²) in [6.45, 7) is 3.17. The van der Waals surface area contributed by atoms with Crippen molar-refractivity contribution >= 4 is 17.9 Å². The number of likely N-dealkylation sites (tertiary alicyclic amines) is 2. The van der Waals surface area contributed by atoms with Gasteiger partial charge in [0.15, 0.2) is 0 Å². The summed E-state index contributed by atoms with van der Waals surface area (Å²) in [4.78, 5) is 38.4. The van der Waals surface area contributed by atoms with Crippen LogP contribution in [0.15, 0.2) is 0 Å². The van der Waals surface area contributed by atoms with Gasteiger partial charge in [0.05, 0.1) is 5.92 Å². The number of hydrogen-bond acceptors (Lipinski definition) is 3. The Hall–Kier alpha value is -1.79. The summed E-state index contributed by atoms with van der Waals surface area (Å²) in [5, 5.41) is 9.38. The lowest BCUT2D eigenvalue weighted by Gasteiger charge is -2.41. The highest BCUT2D eigenvalue weighted by atomic mass is 16.4. The van der Waals surface area contributed by atoms with Gasteiger partial charge in [-0.05, 0) is 31.6 Å². The fraction of sp³-hybridized carbons (Fsp3) is 0.786.